The lowest BCUT2D eigenvalue weighted by atomic mass is 10.1. The zero-order valence-electron chi connectivity index (χ0n) is 15.3. The molecule has 4 rings (SSSR count). The molecule has 0 N–H and O–H groups in total. The normalized spacial score (nSPS) is 11.0. The Labute approximate surface area is 162 Å². The summed E-state index contributed by atoms with van der Waals surface area (Å²) in [6.45, 7) is 2.15. The van der Waals surface area contributed by atoms with Crippen molar-refractivity contribution in [2.45, 2.75) is 18.5 Å². The minimum Gasteiger partial charge on any atom is -0.497 e. The first kappa shape index (κ1) is 17.5. The SMILES string of the molecule is CCCSc1nc2nc(-c3ccccc3)cc(-c3ccc(OC)cc3)n2n1. The highest BCUT2D eigenvalue weighted by molar-refractivity contribution is 7.99. The molecule has 0 saturated carbocycles. The van der Waals surface area contributed by atoms with Crippen molar-refractivity contribution in [3.63, 3.8) is 0 Å². The standard InChI is InChI=1S/C21H20N4OS/c1-3-13-27-21-23-20-22-18(15-7-5-4-6-8-15)14-19(25(20)24-21)16-9-11-17(26-2)12-10-16/h4-12,14H,3,13H2,1-2H3. The third-order valence-corrected chi connectivity index (χ3v) is 5.23. The number of aromatic nitrogens is 4. The van der Waals surface area contributed by atoms with Crippen molar-refractivity contribution in [2.75, 3.05) is 12.9 Å². The van der Waals surface area contributed by atoms with E-state index in [9.17, 15) is 0 Å². The molecule has 0 aliphatic carbocycles. The predicted octanol–water partition coefficient (Wildman–Crippen LogP) is 4.97. The predicted molar refractivity (Wildman–Crippen MR) is 109 cm³/mol. The zero-order chi connectivity index (χ0) is 18.6. The third kappa shape index (κ3) is 3.66. The molecule has 2 aromatic heterocycles. The van der Waals surface area contributed by atoms with E-state index in [1.165, 1.54) is 0 Å². The summed E-state index contributed by atoms with van der Waals surface area (Å²) in [6, 6.07) is 20.2. The van der Waals surface area contributed by atoms with Crippen molar-refractivity contribution in [3.05, 3.63) is 60.7 Å². The van der Waals surface area contributed by atoms with E-state index in [-0.39, 0.29) is 0 Å². The summed E-state index contributed by atoms with van der Waals surface area (Å²) in [5.74, 6) is 2.42. The largest absolute Gasteiger partial charge is 0.497 e. The molecule has 0 radical (unpaired) electrons. The smallest absolute Gasteiger partial charge is 0.254 e. The summed E-state index contributed by atoms with van der Waals surface area (Å²) >= 11 is 1.65. The van der Waals surface area contributed by atoms with Crippen molar-refractivity contribution in [2.24, 2.45) is 0 Å². The van der Waals surface area contributed by atoms with Gasteiger partial charge in [-0.05, 0) is 36.8 Å². The Balaban J connectivity index is 1.88. The number of rotatable bonds is 6. The number of benzene rings is 2. The Morgan fingerprint density at radius 3 is 2.44 bits per heavy atom. The highest BCUT2D eigenvalue weighted by Gasteiger charge is 2.14. The first-order valence-electron chi connectivity index (χ1n) is 8.89. The second kappa shape index (κ2) is 7.80. The minimum atomic E-state index is 0.612. The van der Waals surface area contributed by atoms with Gasteiger partial charge >= 0.3 is 0 Å². The number of thioether (sulfide) groups is 1. The first-order valence-corrected chi connectivity index (χ1v) is 9.87. The lowest BCUT2D eigenvalue weighted by Gasteiger charge is -2.08. The van der Waals surface area contributed by atoms with Gasteiger partial charge in [-0.25, -0.2) is 4.98 Å². The van der Waals surface area contributed by atoms with Crippen LogP contribution < -0.4 is 4.74 Å². The molecule has 2 aromatic carbocycles. The fourth-order valence-electron chi connectivity index (χ4n) is 2.83. The molecule has 0 atom stereocenters. The van der Waals surface area contributed by atoms with Crippen LogP contribution in [0, 0.1) is 0 Å². The summed E-state index contributed by atoms with van der Waals surface area (Å²) in [4.78, 5) is 9.38. The van der Waals surface area contributed by atoms with Crippen LogP contribution in [0.25, 0.3) is 28.3 Å². The number of ether oxygens (including phenoxy) is 1. The van der Waals surface area contributed by atoms with Gasteiger partial charge in [0.15, 0.2) is 0 Å². The second-order valence-corrected chi connectivity index (χ2v) is 7.14. The van der Waals surface area contributed by atoms with Gasteiger partial charge in [0.1, 0.15) is 5.75 Å². The van der Waals surface area contributed by atoms with Crippen LogP contribution in [-0.4, -0.2) is 32.4 Å². The van der Waals surface area contributed by atoms with Crippen LogP contribution in [0.3, 0.4) is 0 Å². The summed E-state index contributed by atoms with van der Waals surface area (Å²) < 4.78 is 7.11. The van der Waals surface area contributed by atoms with Gasteiger partial charge in [-0.2, -0.15) is 9.50 Å². The number of nitrogens with zero attached hydrogens (tertiary/aromatic N) is 4. The van der Waals surface area contributed by atoms with E-state index in [1.807, 2.05) is 47.0 Å². The van der Waals surface area contributed by atoms with Crippen molar-refractivity contribution in [1.29, 1.82) is 0 Å². The summed E-state index contributed by atoms with van der Waals surface area (Å²) in [6.07, 6.45) is 1.08. The van der Waals surface area contributed by atoms with Crippen LogP contribution in [-0.2, 0) is 0 Å². The van der Waals surface area contributed by atoms with E-state index in [0.717, 1.165) is 45.6 Å². The Morgan fingerprint density at radius 2 is 1.74 bits per heavy atom. The first-order chi connectivity index (χ1) is 13.3. The van der Waals surface area contributed by atoms with E-state index in [4.69, 9.17) is 9.72 Å². The quantitative estimate of drug-likeness (QED) is 0.445. The Hall–Kier alpha value is -2.86. The van der Waals surface area contributed by atoms with E-state index >= 15 is 0 Å². The topological polar surface area (TPSA) is 52.3 Å². The number of hydrogen-bond donors (Lipinski definition) is 0. The molecule has 27 heavy (non-hydrogen) atoms. The van der Waals surface area contributed by atoms with Crippen LogP contribution in [0.15, 0.2) is 65.8 Å². The maximum atomic E-state index is 5.28. The average molecular weight is 376 g/mol. The molecule has 0 amide bonds. The minimum absolute atomic E-state index is 0.612. The molecule has 136 valence electrons. The summed E-state index contributed by atoms with van der Waals surface area (Å²) in [7, 11) is 1.67. The Kier molecular flexibility index (Phi) is 5.07. The van der Waals surface area contributed by atoms with E-state index in [1.54, 1.807) is 18.9 Å². The van der Waals surface area contributed by atoms with Gasteiger partial charge in [-0.1, -0.05) is 49.0 Å². The van der Waals surface area contributed by atoms with Gasteiger partial charge in [-0.3, -0.25) is 0 Å². The molecule has 0 aliphatic rings. The molecule has 6 heteroatoms. The number of methoxy groups -OCH3 is 1. The van der Waals surface area contributed by atoms with Crippen molar-refractivity contribution in [3.8, 4) is 28.3 Å². The average Bonchev–Trinajstić information content (AvgIpc) is 3.15. The zero-order valence-corrected chi connectivity index (χ0v) is 16.1. The second-order valence-electron chi connectivity index (χ2n) is 6.08. The van der Waals surface area contributed by atoms with E-state index in [0.29, 0.717) is 5.78 Å². The number of hydrogen-bond acceptors (Lipinski definition) is 5. The summed E-state index contributed by atoms with van der Waals surface area (Å²) in [5.41, 5.74) is 3.93. The fourth-order valence-corrected chi connectivity index (χ4v) is 3.50. The maximum absolute atomic E-state index is 5.28. The van der Waals surface area contributed by atoms with E-state index in [2.05, 4.69) is 35.2 Å². The van der Waals surface area contributed by atoms with Gasteiger partial charge in [0.25, 0.3) is 5.78 Å². The monoisotopic (exact) mass is 376 g/mol. The molecular weight excluding hydrogens is 356 g/mol. The van der Waals surface area contributed by atoms with Gasteiger partial charge in [0.2, 0.25) is 5.16 Å². The Bertz CT molecular complexity index is 1050. The van der Waals surface area contributed by atoms with Crippen LogP contribution in [0.4, 0.5) is 0 Å². The maximum Gasteiger partial charge on any atom is 0.254 e. The highest BCUT2D eigenvalue weighted by Crippen LogP contribution is 2.28. The third-order valence-electron chi connectivity index (χ3n) is 4.18. The highest BCUT2D eigenvalue weighted by atomic mass is 32.2. The molecule has 0 bridgehead atoms. The fraction of sp³-hybridized carbons (Fsp3) is 0.190. The Morgan fingerprint density at radius 1 is 0.963 bits per heavy atom. The van der Waals surface area contributed by atoms with Crippen LogP contribution in [0.2, 0.25) is 0 Å². The molecule has 0 unspecified atom stereocenters. The van der Waals surface area contributed by atoms with Crippen molar-refractivity contribution >= 4 is 17.5 Å². The van der Waals surface area contributed by atoms with Crippen LogP contribution >= 0.6 is 11.8 Å². The molecule has 5 nitrogen and oxygen atoms in total. The molecule has 0 aliphatic heterocycles. The van der Waals surface area contributed by atoms with Gasteiger partial charge in [-0.15, -0.1) is 5.10 Å². The van der Waals surface area contributed by atoms with E-state index < -0.39 is 0 Å². The van der Waals surface area contributed by atoms with Gasteiger partial charge in [0.05, 0.1) is 18.5 Å². The van der Waals surface area contributed by atoms with Gasteiger partial charge < -0.3 is 4.74 Å². The van der Waals surface area contributed by atoms with Gasteiger partial charge in [0, 0.05) is 16.9 Å². The molecule has 0 spiro atoms. The van der Waals surface area contributed by atoms with Crippen molar-refractivity contribution in [1.82, 2.24) is 19.6 Å². The molecule has 0 saturated heterocycles. The lowest BCUT2D eigenvalue weighted by molar-refractivity contribution is 0.415. The van der Waals surface area contributed by atoms with Crippen molar-refractivity contribution < 1.29 is 4.74 Å². The summed E-state index contributed by atoms with van der Waals surface area (Å²) in [5, 5.41) is 5.43. The lowest BCUT2D eigenvalue weighted by Crippen LogP contribution is -1.99. The van der Waals surface area contributed by atoms with Crippen LogP contribution in [0.1, 0.15) is 13.3 Å². The molecule has 4 aromatic rings. The van der Waals surface area contributed by atoms with Crippen LogP contribution in [0.5, 0.6) is 5.75 Å². The number of fused-ring (bicyclic) bond motifs is 1. The molecule has 2 heterocycles. The molecule has 0 fully saturated rings. The molecular formula is C21H20N4OS.